The van der Waals surface area contributed by atoms with Crippen LogP contribution in [-0.2, 0) is 11.3 Å². The molecule has 0 unspecified atom stereocenters. The summed E-state index contributed by atoms with van der Waals surface area (Å²) in [4.78, 5) is 26.9. The maximum atomic E-state index is 11.8. The summed E-state index contributed by atoms with van der Waals surface area (Å²) in [6, 6.07) is 6.02. The average molecular weight is 298 g/mol. The molecule has 1 heterocycles. The average Bonchev–Trinajstić information content (AvgIpc) is 2.37. The van der Waals surface area contributed by atoms with Gasteiger partial charge in [-0.3, -0.25) is 14.2 Å². The van der Waals surface area contributed by atoms with Crippen molar-refractivity contribution in [3.05, 3.63) is 57.2 Å². The van der Waals surface area contributed by atoms with Gasteiger partial charge in [0.05, 0.1) is 16.4 Å². The third-order valence-corrected chi connectivity index (χ3v) is 3.05. The zero-order valence-electron chi connectivity index (χ0n) is 9.64. The van der Waals surface area contributed by atoms with Gasteiger partial charge in [-0.25, -0.2) is 4.98 Å². The van der Waals surface area contributed by atoms with Gasteiger partial charge in [0.1, 0.15) is 6.54 Å². The van der Waals surface area contributed by atoms with Gasteiger partial charge in [0.25, 0.3) is 5.56 Å². The Morgan fingerprint density at radius 1 is 1.26 bits per heavy atom. The number of amides is 1. The number of nitrogens with zero attached hydrogens (tertiary/aromatic N) is 2. The van der Waals surface area contributed by atoms with Gasteiger partial charge in [0.15, 0.2) is 0 Å². The van der Waals surface area contributed by atoms with Crippen LogP contribution in [0.15, 0.2) is 41.6 Å². The van der Waals surface area contributed by atoms with Gasteiger partial charge in [-0.15, -0.1) is 0 Å². The Morgan fingerprint density at radius 2 is 2.05 bits per heavy atom. The van der Waals surface area contributed by atoms with Gasteiger partial charge >= 0.3 is 0 Å². The predicted octanol–water partition coefficient (Wildman–Crippen LogP) is 2.19. The minimum atomic E-state index is -0.353. The quantitative estimate of drug-likeness (QED) is 0.944. The van der Waals surface area contributed by atoms with E-state index in [2.05, 4.69) is 10.3 Å². The Morgan fingerprint density at radius 3 is 2.74 bits per heavy atom. The summed E-state index contributed by atoms with van der Waals surface area (Å²) in [6.45, 7) is -0.118. The molecule has 0 bridgehead atoms. The fourth-order valence-electron chi connectivity index (χ4n) is 1.43. The van der Waals surface area contributed by atoms with Gasteiger partial charge in [-0.05, 0) is 18.2 Å². The molecule has 1 aromatic heterocycles. The van der Waals surface area contributed by atoms with Crippen LogP contribution in [0.1, 0.15) is 0 Å². The normalized spacial score (nSPS) is 10.2. The molecule has 0 aliphatic rings. The highest BCUT2D eigenvalue weighted by atomic mass is 35.5. The molecule has 7 heteroatoms. The van der Waals surface area contributed by atoms with Crippen molar-refractivity contribution in [2.75, 3.05) is 5.32 Å². The van der Waals surface area contributed by atoms with Crippen LogP contribution in [-0.4, -0.2) is 15.5 Å². The summed E-state index contributed by atoms with van der Waals surface area (Å²) in [6.07, 6.45) is 2.67. The van der Waals surface area contributed by atoms with E-state index in [-0.39, 0.29) is 18.0 Å². The largest absolute Gasteiger partial charge is 0.324 e. The molecule has 0 radical (unpaired) electrons. The molecule has 0 spiro atoms. The first-order chi connectivity index (χ1) is 9.06. The van der Waals surface area contributed by atoms with E-state index in [1.54, 1.807) is 12.1 Å². The van der Waals surface area contributed by atoms with E-state index in [0.717, 1.165) is 0 Å². The summed E-state index contributed by atoms with van der Waals surface area (Å²) >= 11 is 11.6. The van der Waals surface area contributed by atoms with Crippen LogP contribution in [0.4, 0.5) is 5.69 Å². The molecule has 98 valence electrons. The van der Waals surface area contributed by atoms with Crippen molar-refractivity contribution in [3.8, 4) is 0 Å². The Bertz CT molecular complexity index is 670. The summed E-state index contributed by atoms with van der Waals surface area (Å²) in [5.41, 5.74) is 0.218. The first-order valence-corrected chi connectivity index (χ1v) is 6.07. The molecule has 2 rings (SSSR count). The highest BCUT2D eigenvalue weighted by molar-refractivity contribution is 6.42. The summed E-state index contributed by atoms with van der Waals surface area (Å²) in [5.74, 6) is -0.353. The van der Waals surface area contributed by atoms with Crippen molar-refractivity contribution in [1.82, 2.24) is 9.55 Å². The van der Waals surface area contributed by atoms with Crippen molar-refractivity contribution >= 4 is 34.8 Å². The van der Waals surface area contributed by atoms with E-state index in [9.17, 15) is 9.59 Å². The molecule has 0 aliphatic heterocycles. The number of halogens is 2. The minimum Gasteiger partial charge on any atom is -0.324 e. The standard InChI is InChI=1S/C12H9Cl2N3O2/c13-9-2-1-8(5-10(9)14)16-11(18)6-17-7-15-4-3-12(17)19/h1-5,7H,6H2,(H,16,18). The Hall–Kier alpha value is -1.85. The molecule has 1 aromatic carbocycles. The molecule has 5 nitrogen and oxygen atoms in total. The monoisotopic (exact) mass is 297 g/mol. The predicted molar refractivity (Wildman–Crippen MR) is 73.6 cm³/mol. The lowest BCUT2D eigenvalue weighted by Crippen LogP contribution is -2.26. The molecule has 1 N–H and O–H groups in total. The second-order valence-corrected chi connectivity index (χ2v) is 4.54. The van der Waals surface area contributed by atoms with Crippen LogP contribution in [0, 0.1) is 0 Å². The summed E-state index contributed by atoms with van der Waals surface area (Å²) in [5, 5.41) is 3.37. The zero-order chi connectivity index (χ0) is 13.8. The van der Waals surface area contributed by atoms with Crippen molar-refractivity contribution in [3.63, 3.8) is 0 Å². The molecule has 0 aliphatic carbocycles. The molecular formula is C12H9Cl2N3O2. The number of anilines is 1. The Labute approximate surface area is 118 Å². The summed E-state index contributed by atoms with van der Waals surface area (Å²) < 4.78 is 1.20. The van der Waals surface area contributed by atoms with Crippen LogP contribution in [0.25, 0.3) is 0 Å². The maximum Gasteiger partial charge on any atom is 0.253 e. The van der Waals surface area contributed by atoms with E-state index < -0.39 is 0 Å². The van der Waals surface area contributed by atoms with Crippen LogP contribution in [0.5, 0.6) is 0 Å². The van der Waals surface area contributed by atoms with E-state index >= 15 is 0 Å². The van der Waals surface area contributed by atoms with E-state index in [4.69, 9.17) is 23.2 Å². The van der Waals surface area contributed by atoms with Crippen LogP contribution in [0.2, 0.25) is 10.0 Å². The second-order valence-electron chi connectivity index (χ2n) is 3.72. The van der Waals surface area contributed by atoms with Crippen molar-refractivity contribution < 1.29 is 4.79 Å². The molecule has 19 heavy (non-hydrogen) atoms. The van der Waals surface area contributed by atoms with Gasteiger partial charge < -0.3 is 5.32 Å². The van der Waals surface area contributed by atoms with Gasteiger partial charge in [-0.2, -0.15) is 0 Å². The smallest absolute Gasteiger partial charge is 0.253 e. The fourth-order valence-corrected chi connectivity index (χ4v) is 1.72. The van der Waals surface area contributed by atoms with Crippen molar-refractivity contribution in [1.29, 1.82) is 0 Å². The highest BCUT2D eigenvalue weighted by Gasteiger charge is 2.06. The van der Waals surface area contributed by atoms with E-state index in [1.165, 1.54) is 29.2 Å². The molecular weight excluding hydrogens is 289 g/mol. The third kappa shape index (κ3) is 3.56. The van der Waals surface area contributed by atoms with E-state index in [1.807, 2.05) is 0 Å². The molecule has 0 saturated carbocycles. The SMILES string of the molecule is O=C(Cn1cnccc1=O)Nc1ccc(Cl)c(Cl)c1. The number of carbonyl (C=O) groups excluding carboxylic acids is 1. The zero-order valence-corrected chi connectivity index (χ0v) is 11.1. The van der Waals surface area contributed by atoms with Gasteiger partial charge in [0.2, 0.25) is 5.91 Å². The number of nitrogens with one attached hydrogen (secondary N) is 1. The summed E-state index contributed by atoms with van der Waals surface area (Å²) in [7, 11) is 0. The van der Waals surface area contributed by atoms with Gasteiger partial charge in [-0.1, -0.05) is 23.2 Å². The number of hydrogen-bond donors (Lipinski definition) is 1. The number of hydrogen-bond acceptors (Lipinski definition) is 3. The Kier molecular flexibility index (Phi) is 4.19. The minimum absolute atomic E-state index is 0.118. The molecule has 2 aromatic rings. The lowest BCUT2D eigenvalue weighted by molar-refractivity contribution is -0.116. The molecule has 0 saturated heterocycles. The van der Waals surface area contributed by atoms with Gasteiger partial charge in [0, 0.05) is 18.0 Å². The number of benzene rings is 1. The molecule has 1 amide bonds. The van der Waals surface area contributed by atoms with Crippen LogP contribution >= 0.6 is 23.2 Å². The maximum absolute atomic E-state index is 11.8. The lowest BCUT2D eigenvalue weighted by Gasteiger charge is -2.07. The Balaban J connectivity index is 2.08. The van der Waals surface area contributed by atoms with Crippen LogP contribution in [0.3, 0.4) is 0 Å². The second kappa shape index (κ2) is 5.86. The topological polar surface area (TPSA) is 64.0 Å². The first kappa shape index (κ1) is 13.6. The first-order valence-electron chi connectivity index (χ1n) is 5.31. The van der Waals surface area contributed by atoms with E-state index in [0.29, 0.717) is 15.7 Å². The lowest BCUT2D eigenvalue weighted by atomic mass is 10.3. The number of aromatic nitrogens is 2. The molecule has 0 fully saturated rings. The number of carbonyl (C=O) groups is 1. The van der Waals surface area contributed by atoms with Crippen molar-refractivity contribution in [2.45, 2.75) is 6.54 Å². The molecule has 0 atom stereocenters. The fraction of sp³-hybridized carbons (Fsp3) is 0.0833. The highest BCUT2D eigenvalue weighted by Crippen LogP contribution is 2.24. The van der Waals surface area contributed by atoms with Crippen LogP contribution < -0.4 is 10.9 Å². The third-order valence-electron chi connectivity index (χ3n) is 2.31. The number of rotatable bonds is 3. The van der Waals surface area contributed by atoms with Crippen molar-refractivity contribution in [2.24, 2.45) is 0 Å².